The maximum absolute atomic E-state index is 13.2. The fourth-order valence-corrected chi connectivity index (χ4v) is 5.20. The molecule has 144 valence electrons. The zero-order valence-electron chi connectivity index (χ0n) is 15.6. The number of nitrogens with zero attached hydrogens (tertiary/aromatic N) is 1. The first-order valence-corrected chi connectivity index (χ1v) is 10.4. The Labute approximate surface area is 172 Å². The van der Waals surface area contributed by atoms with Crippen molar-refractivity contribution in [2.45, 2.75) is 31.6 Å². The van der Waals surface area contributed by atoms with E-state index in [-0.39, 0.29) is 17.7 Å². The molecular formula is C22H20ClNO3S. The van der Waals surface area contributed by atoms with Crippen molar-refractivity contribution in [3.63, 3.8) is 0 Å². The van der Waals surface area contributed by atoms with Crippen molar-refractivity contribution in [1.82, 2.24) is 0 Å². The maximum atomic E-state index is 13.2. The molecule has 3 atom stereocenters. The SMILES string of the molecule is COC(=O)C1C(C)=NC2=C(C(=O)C[C@H](c3cccs3)C2)[C@@H]1c1ccc(Cl)cc1. The normalized spacial score (nSPS) is 24.6. The molecule has 2 heterocycles. The number of allylic oxidation sites excluding steroid dienone is 2. The number of Topliss-reactive ketones (excluding diaryl/α,β-unsaturated/α-hetero) is 1. The molecule has 4 nitrogen and oxygen atoms in total. The Bertz CT molecular complexity index is 976. The lowest BCUT2D eigenvalue weighted by Gasteiger charge is -2.36. The molecule has 1 aliphatic heterocycles. The Hall–Kier alpha value is -2.24. The Morgan fingerprint density at radius 1 is 1.21 bits per heavy atom. The zero-order valence-corrected chi connectivity index (χ0v) is 17.2. The standard InChI is InChI=1S/C22H20ClNO3S/c1-12-19(22(26)27-2)20(13-5-7-15(23)8-6-13)21-16(24-12)10-14(11-17(21)25)18-4-3-9-28-18/h3-9,14,19-20H,10-11H2,1-2H3/t14-,19?,20-/m1/s1. The summed E-state index contributed by atoms with van der Waals surface area (Å²) in [5.41, 5.74) is 3.01. The molecule has 1 unspecified atom stereocenters. The summed E-state index contributed by atoms with van der Waals surface area (Å²) in [6, 6.07) is 11.4. The minimum Gasteiger partial charge on any atom is -0.468 e. The first kappa shape index (κ1) is 19.1. The summed E-state index contributed by atoms with van der Waals surface area (Å²) in [6.45, 7) is 1.84. The van der Waals surface area contributed by atoms with Gasteiger partial charge in [-0.1, -0.05) is 29.8 Å². The highest BCUT2D eigenvalue weighted by Crippen LogP contribution is 2.47. The molecule has 0 saturated carbocycles. The van der Waals surface area contributed by atoms with E-state index in [0.29, 0.717) is 29.1 Å². The van der Waals surface area contributed by atoms with Crippen LogP contribution in [-0.4, -0.2) is 24.6 Å². The van der Waals surface area contributed by atoms with Crippen LogP contribution in [0, 0.1) is 5.92 Å². The second-order valence-corrected chi connectivity index (χ2v) is 8.60. The molecule has 6 heteroatoms. The summed E-state index contributed by atoms with van der Waals surface area (Å²) < 4.78 is 5.05. The van der Waals surface area contributed by atoms with Gasteiger partial charge in [-0.15, -0.1) is 11.3 Å². The molecule has 0 fully saturated rings. The Morgan fingerprint density at radius 2 is 1.96 bits per heavy atom. The van der Waals surface area contributed by atoms with E-state index in [4.69, 9.17) is 21.3 Å². The number of thiophene rings is 1. The first-order valence-electron chi connectivity index (χ1n) is 9.17. The molecule has 2 aliphatic rings. The number of ether oxygens (including phenoxy) is 1. The van der Waals surface area contributed by atoms with Crippen molar-refractivity contribution in [2.24, 2.45) is 10.9 Å². The molecule has 0 amide bonds. The molecule has 1 aliphatic carbocycles. The lowest BCUT2D eigenvalue weighted by Crippen LogP contribution is -2.37. The van der Waals surface area contributed by atoms with Gasteiger partial charge in [0.15, 0.2) is 5.78 Å². The van der Waals surface area contributed by atoms with Crippen LogP contribution in [0.2, 0.25) is 5.02 Å². The topological polar surface area (TPSA) is 55.7 Å². The maximum Gasteiger partial charge on any atom is 0.315 e. The number of hydrogen-bond donors (Lipinski definition) is 0. The smallest absolute Gasteiger partial charge is 0.315 e. The Balaban J connectivity index is 1.82. The molecule has 0 saturated heterocycles. The van der Waals surface area contributed by atoms with Crippen LogP contribution in [0.25, 0.3) is 0 Å². The van der Waals surface area contributed by atoms with Crippen molar-refractivity contribution in [1.29, 1.82) is 0 Å². The molecule has 0 N–H and O–H groups in total. The molecule has 1 aromatic carbocycles. The molecule has 0 bridgehead atoms. The molecule has 2 aromatic rings. The highest BCUT2D eigenvalue weighted by molar-refractivity contribution is 7.10. The summed E-state index contributed by atoms with van der Waals surface area (Å²) in [5.74, 6) is -1.17. The van der Waals surface area contributed by atoms with Crippen LogP contribution in [-0.2, 0) is 14.3 Å². The van der Waals surface area contributed by atoms with Gasteiger partial charge in [0.25, 0.3) is 0 Å². The summed E-state index contributed by atoms with van der Waals surface area (Å²) in [4.78, 5) is 31.8. The van der Waals surface area contributed by atoms with E-state index >= 15 is 0 Å². The highest BCUT2D eigenvalue weighted by atomic mass is 35.5. The van der Waals surface area contributed by atoms with E-state index in [2.05, 4.69) is 6.07 Å². The number of rotatable bonds is 3. The number of methoxy groups -OCH3 is 1. The minimum absolute atomic E-state index is 0.0600. The van der Waals surface area contributed by atoms with Crippen LogP contribution in [0.3, 0.4) is 0 Å². The van der Waals surface area contributed by atoms with Crippen molar-refractivity contribution in [3.05, 3.63) is 68.5 Å². The van der Waals surface area contributed by atoms with Crippen LogP contribution in [0.15, 0.2) is 58.0 Å². The lowest BCUT2D eigenvalue weighted by atomic mass is 9.70. The van der Waals surface area contributed by atoms with Crippen LogP contribution in [0.4, 0.5) is 0 Å². The number of aliphatic imine (C=N–C) groups is 1. The van der Waals surface area contributed by atoms with Crippen LogP contribution >= 0.6 is 22.9 Å². The fourth-order valence-electron chi connectivity index (χ4n) is 4.25. The summed E-state index contributed by atoms with van der Waals surface area (Å²) >= 11 is 7.72. The van der Waals surface area contributed by atoms with Gasteiger partial charge in [-0.05, 0) is 42.5 Å². The van der Waals surface area contributed by atoms with Gasteiger partial charge in [-0.25, -0.2) is 0 Å². The van der Waals surface area contributed by atoms with Crippen molar-refractivity contribution in [2.75, 3.05) is 7.11 Å². The van der Waals surface area contributed by atoms with Gasteiger partial charge in [-0.3, -0.25) is 14.6 Å². The molecule has 0 spiro atoms. The van der Waals surface area contributed by atoms with Gasteiger partial charge in [0, 0.05) is 45.1 Å². The second kappa shape index (κ2) is 7.64. The Kier molecular flexibility index (Phi) is 5.21. The summed E-state index contributed by atoms with van der Waals surface area (Å²) in [5, 5.41) is 2.64. The number of hydrogen-bond acceptors (Lipinski definition) is 5. The third-order valence-corrected chi connectivity index (χ3v) is 6.81. The van der Waals surface area contributed by atoms with Crippen molar-refractivity contribution in [3.8, 4) is 0 Å². The van der Waals surface area contributed by atoms with Gasteiger partial charge in [0.1, 0.15) is 5.92 Å². The Morgan fingerprint density at radius 3 is 2.61 bits per heavy atom. The molecular weight excluding hydrogens is 394 g/mol. The molecule has 28 heavy (non-hydrogen) atoms. The van der Waals surface area contributed by atoms with E-state index in [1.54, 1.807) is 23.5 Å². The zero-order chi connectivity index (χ0) is 19.8. The quantitative estimate of drug-likeness (QED) is 0.654. The average Bonchev–Trinajstić information content (AvgIpc) is 3.21. The van der Waals surface area contributed by atoms with Crippen LogP contribution in [0.5, 0.6) is 0 Å². The predicted molar refractivity (Wildman–Crippen MR) is 111 cm³/mol. The predicted octanol–water partition coefficient (Wildman–Crippen LogP) is 5.15. The van der Waals surface area contributed by atoms with E-state index < -0.39 is 11.8 Å². The molecule has 4 rings (SSSR count). The lowest BCUT2D eigenvalue weighted by molar-refractivity contribution is -0.143. The minimum atomic E-state index is -0.604. The highest BCUT2D eigenvalue weighted by Gasteiger charge is 2.44. The van der Waals surface area contributed by atoms with Crippen LogP contribution in [0.1, 0.15) is 42.0 Å². The molecule has 0 radical (unpaired) electrons. The number of carbonyl (C=O) groups excluding carboxylic acids is 2. The van der Waals surface area contributed by atoms with Crippen LogP contribution < -0.4 is 0 Å². The van der Waals surface area contributed by atoms with E-state index in [9.17, 15) is 9.59 Å². The van der Waals surface area contributed by atoms with E-state index in [1.165, 1.54) is 12.0 Å². The third-order valence-electron chi connectivity index (χ3n) is 5.52. The monoisotopic (exact) mass is 413 g/mol. The summed E-state index contributed by atoms with van der Waals surface area (Å²) in [6.07, 6.45) is 1.14. The third kappa shape index (κ3) is 3.33. The average molecular weight is 414 g/mol. The number of carbonyl (C=O) groups is 2. The summed E-state index contributed by atoms with van der Waals surface area (Å²) in [7, 11) is 1.37. The van der Waals surface area contributed by atoms with Gasteiger partial charge < -0.3 is 4.74 Å². The van der Waals surface area contributed by atoms with Crippen molar-refractivity contribution < 1.29 is 14.3 Å². The number of esters is 1. The fraction of sp³-hybridized carbons (Fsp3) is 0.318. The van der Waals surface area contributed by atoms with Gasteiger partial charge in [0.05, 0.1) is 7.11 Å². The number of benzene rings is 1. The number of halogens is 1. The first-order chi connectivity index (χ1) is 13.5. The van der Waals surface area contributed by atoms with Gasteiger partial charge in [-0.2, -0.15) is 0 Å². The second-order valence-electron chi connectivity index (χ2n) is 7.19. The van der Waals surface area contributed by atoms with Gasteiger partial charge >= 0.3 is 5.97 Å². The molecule has 1 aromatic heterocycles. The van der Waals surface area contributed by atoms with Gasteiger partial charge in [0.2, 0.25) is 0 Å². The largest absolute Gasteiger partial charge is 0.468 e. The van der Waals surface area contributed by atoms with E-state index in [0.717, 1.165) is 11.3 Å². The van der Waals surface area contributed by atoms with Crippen molar-refractivity contribution >= 4 is 40.4 Å². The number of ketones is 1. The van der Waals surface area contributed by atoms with E-state index in [1.807, 2.05) is 30.5 Å².